The van der Waals surface area contributed by atoms with E-state index >= 15 is 0 Å². The number of nitrogens with zero attached hydrogens (tertiary/aromatic N) is 4. The maximum absolute atomic E-state index is 12.6. The third kappa shape index (κ3) is 4.23. The lowest BCUT2D eigenvalue weighted by Crippen LogP contribution is -2.26. The first kappa shape index (κ1) is 22.1. The standard InChI is InChI=1S/C28H27N7O/c1-34-14-13-18-15-22(8-7-19(18)17-34)30-20-9-11-21(12-10-20)31-28-29-16-24-26(33-28)35(2)25-6-4-3-5-23(25)27(36)32-24/h3-12,15-16,30H,13-14,17H2,1-2H3,(H,32,36)(H,29,31,33). The monoisotopic (exact) mass is 477 g/mol. The van der Waals surface area contributed by atoms with E-state index in [2.05, 4.69) is 56.1 Å². The first-order valence-electron chi connectivity index (χ1n) is 12.0. The zero-order valence-electron chi connectivity index (χ0n) is 20.2. The van der Waals surface area contributed by atoms with Crippen LogP contribution in [-0.2, 0) is 13.0 Å². The number of nitrogens with one attached hydrogen (secondary N) is 3. The van der Waals surface area contributed by atoms with Crippen LogP contribution in [-0.4, -0.2) is 41.4 Å². The number of benzene rings is 3. The molecule has 1 aromatic heterocycles. The Balaban J connectivity index is 1.18. The molecule has 36 heavy (non-hydrogen) atoms. The van der Waals surface area contributed by atoms with Crippen LogP contribution in [0.15, 0.2) is 72.9 Å². The van der Waals surface area contributed by atoms with Crippen molar-refractivity contribution in [1.82, 2.24) is 14.9 Å². The van der Waals surface area contributed by atoms with Crippen molar-refractivity contribution in [3.05, 3.63) is 89.6 Å². The number of carbonyl (C=O) groups excluding carboxylic acids is 1. The topological polar surface area (TPSA) is 85.4 Å². The summed E-state index contributed by atoms with van der Waals surface area (Å²) >= 11 is 0. The highest BCUT2D eigenvalue weighted by atomic mass is 16.1. The van der Waals surface area contributed by atoms with Gasteiger partial charge in [0.25, 0.3) is 5.91 Å². The molecule has 6 rings (SSSR count). The minimum atomic E-state index is -0.171. The summed E-state index contributed by atoms with van der Waals surface area (Å²) in [6.45, 7) is 2.10. The fourth-order valence-electron chi connectivity index (χ4n) is 4.74. The lowest BCUT2D eigenvalue weighted by molar-refractivity contribution is 0.102. The molecule has 0 aliphatic carbocycles. The first-order valence-corrected chi connectivity index (χ1v) is 12.0. The quantitative estimate of drug-likeness (QED) is 0.368. The molecular weight excluding hydrogens is 450 g/mol. The van der Waals surface area contributed by atoms with Crippen molar-refractivity contribution in [1.29, 1.82) is 0 Å². The lowest BCUT2D eigenvalue weighted by Gasteiger charge is -2.25. The minimum absolute atomic E-state index is 0.171. The van der Waals surface area contributed by atoms with E-state index in [1.807, 2.05) is 54.4 Å². The first-order chi connectivity index (χ1) is 17.5. The third-order valence-corrected chi connectivity index (χ3v) is 6.68. The molecular formula is C28H27N7O. The number of hydrogen-bond acceptors (Lipinski definition) is 7. The van der Waals surface area contributed by atoms with E-state index in [9.17, 15) is 4.79 Å². The fraction of sp³-hybridized carbons (Fsp3) is 0.179. The zero-order chi connectivity index (χ0) is 24.6. The van der Waals surface area contributed by atoms with Crippen LogP contribution in [0.25, 0.3) is 0 Å². The van der Waals surface area contributed by atoms with E-state index in [0.29, 0.717) is 23.0 Å². The largest absolute Gasteiger partial charge is 0.356 e. The number of amides is 1. The van der Waals surface area contributed by atoms with Gasteiger partial charge >= 0.3 is 0 Å². The summed E-state index contributed by atoms with van der Waals surface area (Å²) in [6, 6.07) is 22.1. The molecule has 0 saturated heterocycles. The average molecular weight is 478 g/mol. The van der Waals surface area contributed by atoms with Gasteiger partial charge in [0.2, 0.25) is 5.95 Å². The van der Waals surface area contributed by atoms with Gasteiger partial charge in [0.05, 0.1) is 17.4 Å². The van der Waals surface area contributed by atoms with Gasteiger partial charge in [-0.3, -0.25) is 4.79 Å². The van der Waals surface area contributed by atoms with Crippen molar-refractivity contribution < 1.29 is 4.79 Å². The number of rotatable bonds is 4. The second-order valence-corrected chi connectivity index (χ2v) is 9.26. The van der Waals surface area contributed by atoms with Crippen molar-refractivity contribution in [3.63, 3.8) is 0 Å². The molecule has 0 atom stereocenters. The number of aromatic nitrogens is 2. The van der Waals surface area contributed by atoms with Crippen molar-refractivity contribution >= 4 is 46.1 Å². The second kappa shape index (κ2) is 8.98. The van der Waals surface area contributed by atoms with Crippen LogP contribution in [0.5, 0.6) is 0 Å². The average Bonchev–Trinajstić information content (AvgIpc) is 3.00. The SMILES string of the molecule is CN1CCc2cc(Nc3ccc(Nc4ncc5c(n4)N(C)c4ccccc4C(=O)N5)cc3)ccc2C1. The molecule has 3 aromatic carbocycles. The van der Waals surface area contributed by atoms with Gasteiger partial charge in [-0.15, -0.1) is 0 Å². The number of likely N-dealkylation sites (N-methyl/N-ethyl adjacent to an activating group) is 1. The number of carbonyl (C=O) groups is 1. The summed E-state index contributed by atoms with van der Waals surface area (Å²) in [5, 5.41) is 9.68. The Morgan fingerprint density at radius 1 is 0.889 bits per heavy atom. The Hall–Kier alpha value is -4.43. The van der Waals surface area contributed by atoms with Crippen LogP contribution in [0.4, 0.5) is 40.2 Å². The number of anilines is 7. The van der Waals surface area contributed by atoms with E-state index in [1.54, 1.807) is 12.3 Å². The molecule has 180 valence electrons. The van der Waals surface area contributed by atoms with Crippen molar-refractivity contribution in [3.8, 4) is 0 Å². The van der Waals surface area contributed by atoms with Gasteiger partial charge in [0.1, 0.15) is 5.69 Å². The van der Waals surface area contributed by atoms with Gasteiger partial charge in [0, 0.05) is 37.2 Å². The molecule has 0 bridgehead atoms. The Labute approximate surface area is 210 Å². The smallest absolute Gasteiger partial charge is 0.257 e. The molecule has 8 heteroatoms. The second-order valence-electron chi connectivity index (χ2n) is 9.26. The highest BCUT2D eigenvalue weighted by Crippen LogP contribution is 2.35. The molecule has 0 spiro atoms. The van der Waals surface area contributed by atoms with Gasteiger partial charge in [-0.2, -0.15) is 4.98 Å². The van der Waals surface area contributed by atoms with Gasteiger partial charge in [-0.1, -0.05) is 18.2 Å². The third-order valence-electron chi connectivity index (χ3n) is 6.68. The minimum Gasteiger partial charge on any atom is -0.356 e. The summed E-state index contributed by atoms with van der Waals surface area (Å²) in [7, 11) is 4.06. The molecule has 3 N–H and O–H groups in total. The predicted molar refractivity (Wildman–Crippen MR) is 144 cm³/mol. The van der Waals surface area contributed by atoms with Crippen LogP contribution >= 0.6 is 0 Å². The molecule has 2 aliphatic rings. The number of para-hydroxylation sites is 1. The van der Waals surface area contributed by atoms with E-state index < -0.39 is 0 Å². The van der Waals surface area contributed by atoms with Crippen LogP contribution in [0, 0.1) is 0 Å². The molecule has 2 aliphatic heterocycles. The van der Waals surface area contributed by atoms with Crippen molar-refractivity contribution in [2.24, 2.45) is 0 Å². The molecule has 0 saturated carbocycles. The summed E-state index contributed by atoms with van der Waals surface area (Å²) in [5.74, 6) is 0.909. The van der Waals surface area contributed by atoms with E-state index in [4.69, 9.17) is 0 Å². The van der Waals surface area contributed by atoms with Crippen molar-refractivity contribution in [2.75, 3.05) is 41.5 Å². The molecule has 4 aromatic rings. The van der Waals surface area contributed by atoms with Gasteiger partial charge in [-0.05, 0) is 73.1 Å². The van der Waals surface area contributed by atoms with Gasteiger partial charge in [-0.25, -0.2) is 4.98 Å². The molecule has 8 nitrogen and oxygen atoms in total. The molecule has 0 fully saturated rings. The van der Waals surface area contributed by atoms with E-state index in [0.717, 1.165) is 42.3 Å². The van der Waals surface area contributed by atoms with Gasteiger partial charge < -0.3 is 25.8 Å². The van der Waals surface area contributed by atoms with Crippen molar-refractivity contribution in [2.45, 2.75) is 13.0 Å². The maximum Gasteiger partial charge on any atom is 0.257 e. The normalized spacial score (nSPS) is 14.7. The molecule has 1 amide bonds. The Morgan fingerprint density at radius 3 is 2.47 bits per heavy atom. The lowest BCUT2D eigenvalue weighted by atomic mass is 9.99. The summed E-state index contributed by atoms with van der Waals surface area (Å²) in [4.78, 5) is 26.0. The Bertz CT molecular complexity index is 1450. The predicted octanol–water partition coefficient (Wildman–Crippen LogP) is 5.29. The maximum atomic E-state index is 12.6. The molecule has 0 unspecified atom stereocenters. The molecule has 3 heterocycles. The van der Waals surface area contributed by atoms with Gasteiger partial charge in [0.15, 0.2) is 5.82 Å². The van der Waals surface area contributed by atoms with Crippen LogP contribution in [0.3, 0.4) is 0 Å². The van der Waals surface area contributed by atoms with Crippen LogP contribution < -0.4 is 20.9 Å². The highest BCUT2D eigenvalue weighted by molar-refractivity contribution is 6.11. The zero-order valence-corrected chi connectivity index (χ0v) is 20.2. The summed E-state index contributed by atoms with van der Waals surface area (Å²) in [5.41, 5.74) is 7.76. The summed E-state index contributed by atoms with van der Waals surface area (Å²) < 4.78 is 0. The van der Waals surface area contributed by atoms with E-state index in [1.165, 1.54) is 11.1 Å². The molecule has 0 radical (unpaired) electrons. The van der Waals surface area contributed by atoms with Crippen LogP contribution in [0.1, 0.15) is 21.5 Å². The summed E-state index contributed by atoms with van der Waals surface area (Å²) in [6.07, 6.45) is 2.71. The number of fused-ring (bicyclic) bond motifs is 3. The number of hydrogen-bond donors (Lipinski definition) is 3. The fourth-order valence-corrected chi connectivity index (χ4v) is 4.74. The highest BCUT2D eigenvalue weighted by Gasteiger charge is 2.24. The Kier molecular flexibility index (Phi) is 5.50. The van der Waals surface area contributed by atoms with E-state index in [-0.39, 0.29) is 5.91 Å². The Morgan fingerprint density at radius 2 is 1.64 bits per heavy atom. The van der Waals surface area contributed by atoms with Crippen LogP contribution in [0.2, 0.25) is 0 Å².